The molecule has 0 aliphatic carbocycles. The van der Waals surface area contributed by atoms with Gasteiger partial charge in [0.15, 0.2) is 5.69 Å². The lowest BCUT2D eigenvalue weighted by molar-refractivity contribution is 0.0358. The number of H-pyrrole nitrogens is 2. The molecular formula is C21H22N4O3S. The smallest absolute Gasteiger partial charge is 0.276 e. The van der Waals surface area contributed by atoms with Gasteiger partial charge in [-0.2, -0.15) is 0 Å². The van der Waals surface area contributed by atoms with Crippen molar-refractivity contribution in [1.82, 2.24) is 19.9 Å². The molecule has 8 heteroatoms. The van der Waals surface area contributed by atoms with Gasteiger partial charge in [0.1, 0.15) is 5.75 Å². The fourth-order valence-electron chi connectivity index (χ4n) is 3.64. The molecule has 0 unspecified atom stereocenters. The van der Waals surface area contributed by atoms with Crippen molar-refractivity contribution >= 4 is 33.3 Å². The maximum atomic E-state index is 12.4. The molecule has 4 aromatic rings. The van der Waals surface area contributed by atoms with Crippen LogP contribution in [0, 0.1) is 0 Å². The third-order valence-electron chi connectivity index (χ3n) is 5.18. The van der Waals surface area contributed by atoms with Crippen molar-refractivity contribution in [1.29, 1.82) is 0 Å². The zero-order valence-electron chi connectivity index (χ0n) is 15.9. The van der Waals surface area contributed by atoms with E-state index in [4.69, 9.17) is 9.47 Å². The van der Waals surface area contributed by atoms with E-state index in [-0.39, 0.29) is 5.56 Å². The van der Waals surface area contributed by atoms with Gasteiger partial charge in [-0.15, -0.1) is 11.3 Å². The first-order valence-corrected chi connectivity index (χ1v) is 10.7. The minimum absolute atomic E-state index is 0.193. The summed E-state index contributed by atoms with van der Waals surface area (Å²) < 4.78 is 11.3. The predicted octanol–water partition coefficient (Wildman–Crippen LogP) is 3.23. The first kappa shape index (κ1) is 18.4. The number of nitrogens with zero attached hydrogens (tertiary/aromatic N) is 2. The molecule has 0 saturated carbocycles. The van der Waals surface area contributed by atoms with Crippen molar-refractivity contribution in [2.45, 2.75) is 6.42 Å². The van der Waals surface area contributed by atoms with Crippen LogP contribution in [0.4, 0.5) is 0 Å². The molecular weight excluding hydrogens is 388 g/mol. The Labute approximate surface area is 171 Å². The van der Waals surface area contributed by atoms with Gasteiger partial charge in [0, 0.05) is 41.3 Å². The van der Waals surface area contributed by atoms with Crippen molar-refractivity contribution in [2.24, 2.45) is 0 Å². The number of aromatic nitrogens is 3. The Morgan fingerprint density at radius 3 is 2.93 bits per heavy atom. The average molecular weight is 410 g/mol. The molecule has 2 N–H and O–H groups in total. The van der Waals surface area contributed by atoms with Crippen LogP contribution >= 0.6 is 11.3 Å². The van der Waals surface area contributed by atoms with Gasteiger partial charge in [0.05, 0.1) is 36.5 Å². The number of morpholine rings is 1. The fourth-order valence-corrected chi connectivity index (χ4v) is 4.33. The van der Waals surface area contributed by atoms with Crippen molar-refractivity contribution in [3.63, 3.8) is 0 Å². The van der Waals surface area contributed by atoms with Gasteiger partial charge in [-0.3, -0.25) is 9.69 Å². The molecule has 4 heterocycles. The van der Waals surface area contributed by atoms with E-state index in [1.165, 1.54) is 11.3 Å². The van der Waals surface area contributed by atoms with Gasteiger partial charge < -0.3 is 19.4 Å². The summed E-state index contributed by atoms with van der Waals surface area (Å²) in [5.74, 6) is 0.834. The van der Waals surface area contributed by atoms with E-state index in [0.717, 1.165) is 67.0 Å². The topological polar surface area (TPSA) is 83.2 Å². The molecule has 0 radical (unpaired) electrons. The van der Waals surface area contributed by atoms with E-state index in [2.05, 4.69) is 19.9 Å². The summed E-state index contributed by atoms with van der Waals surface area (Å²) in [4.78, 5) is 25.5. The fraction of sp³-hybridized carbons (Fsp3) is 0.333. The van der Waals surface area contributed by atoms with Gasteiger partial charge in [-0.05, 0) is 30.7 Å². The molecule has 1 fully saturated rings. The summed E-state index contributed by atoms with van der Waals surface area (Å²) in [5, 5.41) is 4.82. The molecule has 0 bridgehead atoms. The highest BCUT2D eigenvalue weighted by atomic mass is 32.1. The van der Waals surface area contributed by atoms with Gasteiger partial charge in [0.25, 0.3) is 5.56 Å². The standard InChI is InChI=1S/C21H22N4O3S/c26-21-20(23-18-12-29-13-19(18)24-21)17-11-14-10-15(2-3-16(14)22-17)28-7-1-4-25-5-8-27-9-6-25/h2-3,10-13,22H,1,4-9H2,(H,24,26). The minimum Gasteiger partial charge on any atom is -0.494 e. The highest BCUT2D eigenvalue weighted by Gasteiger charge is 2.12. The largest absolute Gasteiger partial charge is 0.494 e. The summed E-state index contributed by atoms with van der Waals surface area (Å²) in [5.41, 5.74) is 3.44. The number of hydrogen-bond acceptors (Lipinski definition) is 6. The highest BCUT2D eigenvalue weighted by molar-refractivity contribution is 7.09. The molecule has 0 amide bonds. The number of nitrogens with one attached hydrogen (secondary N) is 2. The second-order valence-corrected chi connectivity index (χ2v) is 7.92. The van der Waals surface area contributed by atoms with Crippen molar-refractivity contribution in [2.75, 3.05) is 39.5 Å². The number of thiophene rings is 1. The van der Waals surface area contributed by atoms with Gasteiger partial charge in [-0.25, -0.2) is 4.98 Å². The maximum Gasteiger partial charge on any atom is 0.276 e. The van der Waals surface area contributed by atoms with E-state index in [1.54, 1.807) is 0 Å². The van der Waals surface area contributed by atoms with Crippen LogP contribution in [-0.4, -0.2) is 59.3 Å². The summed E-state index contributed by atoms with van der Waals surface area (Å²) in [6.45, 7) is 5.36. The summed E-state index contributed by atoms with van der Waals surface area (Å²) in [7, 11) is 0. The zero-order chi connectivity index (χ0) is 19.6. The van der Waals surface area contributed by atoms with Crippen molar-refractivity contribution in [3.8, 4) is 17.1 Å². The Hall–Kier alpha value is -2.68. The summed E-state index contributed by atoms with van der Waals surface area (Å²) in [6, 6.07) is 7.89. The Morgan fingerprint density at radius 2 is 2.03 bits per heavy atom. The third kappa shape index (κ3) is 3.91. The van der Waals surface area contributed by atoms with E-state index >= 15 is 0 Å². The normalized spacial score (nSPS) is 15.3. The number of benzene rings is 1. The molecule has 3 aromatic heterocycles. The minimum atomic E-state index is -0.193. The Morgan fingerprint density at radius 1 is 1.14 bits per heavy atom. The van der Waals surface area contributed by atoms with Crippen LogP contribution < -0.4 is 10.3 Å². The summed E-state index contributed by atoms with van der Waals surface area (Å²) >= 11 is 1.52. The van der Waals surface area contributed by atoms with Crippen molar-refractivity contribution in [3.05, 3.63) is 45.4 Å². The molecule has 1 aliphatic heterocycles. The van der Waals surface area contributed by atoms with Gasteiger partial charge in [-0.1, -0.05) is 0 Å². The van der Waals surface area contributed by atoms with E-state index in [1.807, 2.05) is 35.0 Å². The van der Waals surface area contributed by atoms with Crippen LogP contribution in [0.2, 0.25) is 0 Å². The van der Waals surface area contributed by atoms with E-state index < -0.39 is 0 Å². The Kier molecular flexibility index (Phi) is 5.05. The van der Waals surface area contributed by atoms with Gasteiger partial charge in [0.2, 0.25) is 0 Å². The monoisotopic (exact) mass is 410 g/mol. The first-order valence-electron chi connectivity index (χ1n) is 9.78. The van der Waals surface area contributed by atoms with Crippen molar-refractivity contribution < 1.29 is 9.47 Å². The quantitative estimate of drug-likeness (QED) is 0.477. The highest BCUT2D eigenvalue weighted by Crippen LogP contribution is 2.26. The molecule has 0 spiro atoms. The lowest BCUT2D eigenvalue weighted by Gasteiger charge is -2.26. The second-order valence-electron chi connectivity index (χ2n) is 7.17. The second kappa shape index (κ2) is 7.98. The van der Waals surface area contributed by atoms with E-state index in [9.17, 15) is 4.79 Å². The van der Waals surface area contributed by atoms with Crippen LogP contribution in [0.1, 0.15) is 6.42 Å². The Balaban J connectivity index is 1.29. The predicted molar refractivity (Wildman–Crippen MR) is 115 cm³/mol. The molecule has 1 aromatic carbocycles. The third-order valence-corrected chi connectivity index (χ3v) is 5.91. The number of hydrogen-bond donors (Lipinski definition) is 2. The van der Waals surface area contributed by atoms with Crippen LogP contribution in [0.5, 0.6) is 5.75 Å². The van der Waals surface area contributed by atoms with Gasteiger partial charge >= 0.3 is 0 Å². The van der Waals surface area contributed by atoms with Crippen LogP contribution in [0.3, 0.4) is 0 Å². The molecule has 29 heavy (non-hydrogen) atoms. The molecule has 1 saturated heterocycles. The number of ether oxygens (including phenoxy) is 2. The van der Waals surface area contributed by atoms with Crippen LogP contribution in [0.25, 0.3) is 33.3 Å². The number of fused-ring (bicyclic) bond motifs is 2. The van der Waals surface area contributed by atoms with Crippen LogP contribution in [-0.2, 0) is 4.74 Å². The zero-order valence-corrected chi connectivity index (χ0v) is 16.8. The molecule has 1 aliphatic rings. The molecule has 7 nitrogen and oxygen atoms in total. The van der Waals surface area contributed by atoms with E-state index in [0.29, 0.717) is 18.0 Å². The first-order chi connectivity index (χ1) is 14.3. The lowest BCUT2D eigenvalue weighted by Crippen LogP contribution is -2.37. The number of aromatic amines is 2. The Bertz CT molecular complexity index is 1190. The summed E-state index contributed by atoms with van der Waals surface area (Å²) in [6.07, 6.45) is 0.983. The molecule has 5 rings (SSSR count). The van der Waals surface area contributed by atoms with Crippen LogP contribution in [0.15, 0.2) is 39.8 Å². The maximum absolute atomic E-state index is 12.4. The molecule has 150 valence electrons. The molecule has 0 atom stereocenters. The number of rotatable bonds is 6. The SMILES string of the molecule is O=c1[nH]c2cscc2nc1-c1cc2cc(OCCCN3CCOCC3)ccc2[nH]1. The average Bonchev–Trinajstić information content (AvgIpc) is 3.37. The lowest BCUT2D eigenvalue weighted by atomic mass is 10.2.